The van der Waals surface area contributed by atoms with Crippen molar-refractivity contribution >= 4 is 28.1 Å². The Morgan fingerprint density at radius 2 is 1.91 bits per heavy atom. The maximum atomic E-state index is 14.5. The number of rotatable bonds is 10. The monoisotopic (exact) mass is 656 g/mol. The van der Waals surface area contributed by atoms with Crippen LogP contribution >= 0.6 is 0 Å². The fourth-order valence-electron chi connectivity index (χ4n) is 6.60. The molecule has 0 bridgehead atoms. The summed E-state index contributed by atoms with van der Waals surface area (Å²) in [5.74, 6) is -1.04. The van der Waals surface area contributed by atoms with Gasteiger partial charge in [-0.15, -0.1) is 0 Å². The minimum atomic E-state index is -4.70. The van der Waals surface area contributed by atoms with Crippen LogP contribution in [-0.2, 0) is 22.6 Å². The Bertz CT molecular complexity index is 1850. The van der Waals surface area contributed by atoms with E-state index in [1.165, 1.54) is 22.6 Å². The maximum Gasteiger partial charge on any atom is 0.416 e. The van der Waals surface area contributed by atoms with Crippen LogP contribution in [0.25, 0.3) is 11.8 Å². The van der Waals surface area contributed by atoms with Crippen molar-refractivity contribution in [2.45, 2.75) is 63.7 Å². The summed E-state index contributed by atoms with van der Waals surface area (Å²) in [7, 11) is -4.15. The predicted molar refractivity (Wildman–Crippen MR) is 163 cm³/mol. The molecule has 0 spiro atoms. The van der Waals surface area contributed by atoms with E-state index >= 15 is 0 Å². The Morgan fingerprint density at radius 1 is 1.17 bits per heavy atom. The molecule has 2 N–H and O–H groups in total. The normalized spacial score (nSPS) is 21.7. The lowest BCUT2D eigenvalue weighted by Gasteiger charge is -2.46. The highest BCUT2D eigenvalue weighted by molar-refractivity contribution is 7.93. The first-order chi connectivity index (χ1) is 21.9. The highest BCUT2D eigenvalue weighted by Crippen LogP contribution is 2.52. The van der Waals surface area contributed by atoms with E-state index in [0.717, 1.165) is 24.5 Å². The molecule has 3 aromatic rings. The minimum absolute atomic E-state index is 0.0129. The Labute approximate surface area is 263 Å². The van der Waals surface area contributed by atoms with Gasteiger partial charge in [0.15, 0.2) is 5.78 Å². The van der Waals surface area contributed by atoms with Crippen LogP contribution in [0, 0.1) is 16.6 Å². The molecular weight excluding hydrogens is 624 g/mol. The van der Waals surface area contributed by atoms with Gasteiger partial charge in [0.25, 0.3) is 0 Å². The molecule has 2 atom stereocenters. The van der Waals surface area contributed by atoms with Crippen LogP contribution in [0.5, 0.6) is 0 Å². The average molecular weight is 657 g/mol. The second-order valence-corrected chi connectivity index (χ2v) is 13.7. The number of ketones is 1. The highest BCUT2D eigenvalue weighted by atomic mass is 32.2. The number of carbonyl (C=O) groups is 1. The third-order valence-corrected chi connectivity index (χ3v) is 10.9. The van der Waals surface area contributed by atoms with Crippen LogP contribution in [0.15, 0.2) is 65.5 Å². The number of nitrogens with zero attached hydrogens (tertiary/aromatic N) is 4. The van der Waals surface area contributed by atoms with Gasteiger partial charge in [-0.25, -0.2) is 17.5 Å². The molecule has 2 saturated carbocycles. The van der Waals surface area contributed by atoms with Gasteiger partial charge in [0.1, 0.15) is 16.4 Å². The number of sulfonamides is 1. The number of hydrogen-bond donors (Lipinski definition) is 2. The summed E-state index contributed by atoms with van der Waals surface area (Å²) < 4.78 is 85.7. The Morgan fingerprint density at radius 3 is 2.57 bits per heavy atom. The number of allylic oxidation sites excluding steroid dienone is 2. The van der Waals surface area contributed by atoms with Gasteiger partial charge in [0.2, 0.25) is 10.0 Å². The summed E-state index contributed by atoms with van der Waals surface area (Å²) >= 11 is 0. The number of halogens is 4. The predicted octanol–water partition coefficient (Wildman–Crippen LogP) is 5.68. The molecule has 46 heavy (non-hydrogen) atoms. The number of carbonyl (C=O) groups excluding carboxylic acids is 1. The van der Waals surface area contributed by atoms with E-state index < -0.39 is 44.8 Å². The first kappa shape index (κ1) is 31.8. The summed E-state index contributed by atoms with van der Waals surface area (Å²) in [6.07, 6.45) is 3.68. The van der Waals surface area contributed by atoms with Crippen molar-refractivity contribution in [1.29, 1.82) is 5.41 Å². The van der Waals surface area contributed by atoms with Gasteiger partial charge in [0.05, 0.1) is 28.6 Å². The molecule has 0 saturated heterocycles. The van der Waals surface area contributed by atoms with Gasteiger partial charge in [-0.1, -0.05) is 5.57 Å². The summed E-state index contributed by atoms with van der Waals surface area (Å²) in [6, 6.07) is 6.31. The molecule has 14 heteroatoms. The number of fused-ring (bicyclic) bond motifs is 2. The van der Waals surface area contributed by atoms with Gasteiger partial charge in [0, 0.05) is 37.2 Å². The molecular formula is C32H32F4N6O3S. The number of hydrogen-bond acceptors (Lipinski definition) is 7. The van der Waals surface area contributed by atoms with Crippen LogP contribution in [-0.4, -0.2) is 58.1 Å². The smallest absolute Gasteiger partial charge is 0.390 e. The molecule has 3 aliphatic carbocycles. The topological polar surface area (TPSA) is 121 Å². The van der Waals surface area contributed by atoms with Gasteiger partial charge in [-0.2, -0.15) is 22.6 Å². The quantitative estimate of drug-likeness (QED) is 0.165. The van der Waals surface area contributed by atoms with E-state index in [0.29, 0.717) is 54.7 Å². The van der Waals surface area contributed by atoms with Crippen molar-refractivity contribution in [1.82, 2.24) is 24.4 Å². The molecule has 2 aromatic heterocycles. The lowest BCUT2D eigenvalue weighted by atomic mass is 9.60. The van der Waals surface area contributed by atoms with Gasteiger partial charge >= 0.3 is 6.18 Å². The maximum absolute atomic E-state index is 14.5. The van der Waals surface area contributed by atoms with Crippen molar-refractivity contribution in [3.63, 3.8) is 0 Å². The zero-order valence-electron chi connectivity index (χ0n) is 24.9. The fraction of sp³-hybridized carbons (Fsp3) is 0.375. The highest BCUT2D eigenvalue weighted by Gasteiger charge is 2.54. The number of alkyl halides is 3. The molecule has 0 unspecified atom stereocenters. The Hall–Kier alpha value is -4.17. The van der Waals surface area contributed by atoms with E-state index in [9.17, 15) is 30.8 Å². The Balaban J connectivity index is 1.46. The first-order valence-electron chi connectivity index (χ1n) is 15.0. The van der Waals surface area contributed by atoms with Crippen molar-refractivity contribution in [2.75, 3.05) is 6.54 Å². The van der Waals surface area contributed by atoms with Crippen LogP contribution in [0.4, 0.5) is 17.6 Å². The van der Waals surface area contributed by atoms with Gasteiger partial charge < -0.3 is 10.7 Å². The van der Waals surface area contributed by atoms with Crippen LogP contribution in [0.2, 0.25) is 0 Å². The lowest BCUT2D eigenvalue weighted by Crippen LogP contribution is -2.51. The Kier molecular flexibility index (Phi) is 8.21. The van der Waals surface area contributed by atoms with Crippen LogP contribution < -0.4 is 5.32 Å². The van der Waals surface area contributed by atoms with E-state index in [4.69, 9.17) is 5.41 Å². The molecule has 6 rings (SSSR count). The second-order valence-electron chi connectivity index (χ2n) is 11.8. The third kappa shape index (κ3) is 5.68. The molecule has 0 radical (unpaired) electrons. The molecule has 9 nitrogen and oxygen atoms in total. The minimum Gasteiger partial charge on any atom is -0.390 e. The number of benzene rings is 1. The zero-order chi connectivity index (χ0) is 32.9. The first-order valence-corrected chi connectivity index (χ1v) is 16.4. The SMILES string of the molecule is CCN/C=C(\C=N)S(=O)(=O)N(C1CC1)[C@H]1CCC2=Cc3c(cnn3-c3ccc(F)cc3)C[C@]2(C(=O)c2cc(C(F)(F)F)ccn2)C1. The molecule has 1 aromatic carbocycles. The van der Waals surface area contributed by atoms with E-state index in [-0.39, 0.29) is 29.5 Å². The zero-order valence-corrected chi connectivity index (χ0v) is 25.7. The summed E-state index contributed by atoms with van der Waals surface area (Å²) in [6.45, 7) is 2.24. The van der Waals surface area contributed by atoms with Gasteiger partial charge in [-0.3, -0.25) is 9.78 Å². The van der Waals surface area contributed by atoms with E-state index in [1.807, 2.05) is 0 Å². The van der Waals surface area contributed by atoms with E-state index in [1.54, 1.807) is 36.0 Å². The molecule has 2 fully saturated rings. The van der Waals surface area contributed by atoms with Gasteiger partial charge in [-0.05, 0) is 93.5 Å². The standard InChI is InChI=1S/C32H32F4N6O3S/c1-2-38-19-27(17-37)46(44,45)42(25-9-10-25)26-6-3-21-14-29-20(18-40-41(29)24-7-4-23(33)5-8-24)15-31(21,16-26)30(43)28-13-22(11-12-39-28)32(34,35)36/h4-5,7-8,11-14,17-19,25-26,37-38H,2-3,6,9-10,15-16H2,1H3/b27-19+,37-17?/t26-,31-/m0/s1. The van der Waals surface area contributed by atoms with Crippen molar-refractivity contribution in [3.05, 3.63) is 93.8 Å². The third-order valence-electron chi connectivity index (χ3n) is 8.89. The summed E-state index contributed by atoms with van der Waals surface area (Å²) in [4.78, 5) is 18.4. The summed E-state index contributed by atoms with van der Waals surface area (Å²) in [5, 5.41) is 15.2. The van der Waals surface area contributed by atoms with E-state index in [2.05, 4.69) is 15.4 Å². The molecule has 2 heterocycles. The van der Waals surface area contributed by atoms with Crippen molar-refractivity contribution in [2.24, 2.45) is 5.41 Å². The lowest BCUT2D eigenvalue weighted by molar-refractivity contribution is -0.137. The summed E-state index contributed by atoms with van der Waals surface area (Å²) in [5.41, 5.74) is -0.232. The number of nitrogens with one attached hydrogen (secondary N) is 2. The second kappa shape index (κ2) is 11.9. The number of Topliss-reactive ketones (excluding diaryl/α,β-unsaturated/α-hetero) is 1. The molecule has 0 aliphatic heterocycles. The number of aromatic nitrogens is 3. The van der Waals surface area contributed by atoms with Crippen LogP contribution in [0.1, 0.15) is 66.3 Å². The average Bonchev–Trinajstić information content (AvgIpc) is 3.78. The largest absolute Gasteiger partial charge is 0.416 e. The number of pyridine rings is 1. The molecule has 3 aliphatic rings. The fourth-order valence-corrected chi connectivity index (χ4v) is 8.40. The molecule has 0 amide bonds. The van der Waals surface area contributed by atoms with Crippen molar-refractivity contribution < 1.29 is 30.8 Å². The molecule has 242 valence electrons. The van der Waals surface area contributed by atoms with Crippen molar-refractivity contribution in [3.8, 4) is 5.69 Å². The van der Waals surface area contributed by atoms with Crippen LogP contribution in [0.3, 0.4) is 0 Å².